The Labute approximate surface area is 103 Å². The van der Waals surface area contributed by atoms with Gasteiger partial charge in [-0.3, -0.25) is 0 Å². The van der Waals surface area contributed by atoms with Gasteiger partial charge in [-0.15, -0.1) is 0 Å². The summed E-state index contributed by atoms with van der Waals surface area (Å²) in [4.78, 5) is 8.30. The molecule has 5 nitrogen and oxygen atoms in total. The Morgan fingerprint density at radius 3 is 2.71 bits per heavy atom. The second-order valence-electron chi connectivity index (χ2n) is 4.78. The maximum atomic E-state index is 5.88. The van der Waals surface area contributed by atoms with Gasteiger partial charge in [-0.25, -0.2) is 9.97 Å². The van der Waals surface area contributed by atoms with Crippen molar-refractivity contribution in [2.24, 2.45) is 0 Å². The van der Waals surface area contributed by atoms with Gasteiger partial charge in [-0.1, -0.05) is 13.3 Å². The summed E-state index contributed by atoms with van der Waals surface area (Å²) in [6, 6.07) is 0. The average Bonchev–Trinajstić information content (AvgIpc) is 2.22. The topological polar surface area (TPSA) is 73.1 Å². The molecule has 0 fully saturated rings. The quantitative estimate of drug-likeness (QED) is 0.791. The molecule has 1 heterocycles. The van der Waals surface area contributed by atoms with Crippen molar-refractivity contribution in [2.75, 3.05) is 24.8 Å². The molecular weight excluding hydrogens is 216 g/mol. The molecule has 17 heavy (non-hydrogen) atoms. The first-order valence-electron chi connectivity index (χ1n) is 5.86. The van der Waals surface area contributed by atoms with Gasteiger partial charge >= 0.3 is 0 Å². The highest BCUT2D eigenvalue weighted by atomic mass is 16.5. The number of methoxy groups -OCH3 is 1. The maximum absolute atomic E-state index is 5.88. The number of aromatic nitrogens is 2. The van der Waals surface area contributed by atoms with Gasteiger partial charge in [0.25, 0.3) is 0 Å². The first-order valence-corrected chi connectivity index (χ1v) is 5.86. The second-order valence-corrected chi connectivity index (χ2v) is 4.78. The summed E-state index contributed by atoms with van der Waals surface area (Å²) in [5.74, 6) is 1.36. The van der Waals surface area contributed by atoms with Gasteiger partial charge < -0.3 is 15.8 Å². The molecule has 3 N–H and O–H groups in total. The van der Waals surface area contributed by atoms with E-state index >= 15 is 0 Å². The lowest BCUT2D eigenvalue weighted by molar-refractivity contribution is 0.158. The van der Waals surface area contributed by atoms with Crippen molar-refractivity contribution in [1.29, 1.82) is 0 Å². The van der Waals surface area contributed by atoms with Gasteiger partial charge in [0.2, 0.25) is 0 Å². The second kappa shape index (κ2) is 5.82. The van der Waals surface area contributed by atoms with Crippen LogP contribution in [-0.2, 0) is 11.2 Å². The summed E-state index contributed by atoms with van der Waals surface area (Å²) in [6.07, 6.45) is 3.37. The molecule has 0 aliphatic carbocycles. The fraction of sp³-hybridized carbons (Fsp3) is 0.667. The van der Waals surface area contributed by atoms with Crippen LogP contribution in [0.15, 0.2) is 6.33 Å². The van der Waals surface area contributed by atoms with Gasteiger partial charge in [-0.2, -0.15) is 0 Å². The fourth-order valence-electron chi connectivity index (χ4n) is 1.75. The molecule has 5 heteroatoms. The molecule has 0 amide bonds. The first-order chi connectivity index (χ1) is 8.00. The molecule has 0 aromatic carbocycles. The lowest BCUT2D eigenvalue weighted by Gasteiger charge is -2.27. The number of nitrogens with zero attached hydrogens (tertiary/aromatic N) is 2. The van der Waals surface area contributed by atoms with Crippen LogP contribution in [0.2, 0.25) is 0 Å². The molecule has 0 atom stereocenters. The lowest BCUT2D eigenvalue weighted by atomic mass is 10.1. The van der Waals surface area contributed by atoms with Crippen molar-refractivity contribution < 1.29 is 4.74 Å². The number of rotatable bonds is 6. The van der Waals surface area contributed by atoms with Crippen LogP contribution in [0.5, 0.6) is 0 Å². The summed E-state index contributed by atoms with van der Waals surface area (Å²) in [5, 5.41) is 3.36. The van der Waals surface area contributed by atoms with Crippen molar-refractivity contribution >= 4 is 11.6 Å². The van der Waals surface area contributed by atoms with Crippen LogP contribution in [0, 0.1) is 0 Å². The molecule has 96 valence electrons. The van der Waals surface area contributed by atoms with Gasteiger partial charge in [0.15, 0.2) is 0 Å². The van der Waals surface area contributed by atoms with Crippen LogP contribution >= 0.6 is 0 Å². The van der Waals surface area contributed by atoms with E-state index in [1.807, 2.05) is 0 Å². The van der Waals surface area contributed by atoms with E-state index in [-0.39, 0.29) is 5.54 Å². The highest BCUT2D eigenvalue weighted by molar-refractivity contribution is 5.56. The Morgan fingerprint density at radius 2 is 2.12 bits per heavy atom. The summed E-state index contributed by atoms with van der Waals surface area (Å²) in [7, 11) is 1.69. The zero-order valence-electron chi connectivity index (χ0n) is 11.1. The molecular formula is C12H22N4O. The minimum atomic E-state index is -0.183. The van der Waals surface area contributed by atoms with E-state index in [1.165, 1.54) is 6.33 Å². The largest absolute Gasteiger partial charge is 0.383 e. The van der Waals surface area contributed by atoms with Crippen LogP contribution < -0.4 is 11.1 Å². The maximum Gasteiger partial charge on any atom is 0.135 e. The normalized spacial score (nSPS) is 11.5. The third kappa shape index (κ3) is 3.85. The molecule has 0 aliphatic rings. The zero-order chi connectivity index (χ0) is 12.9. The van der Waals surface area contributed by atoms with Gasteiger partial charge in [-0.05, 0) is 20.3 Å². The highest BCUT2D eigenvalue weighted by Crippen LogP contribution is 2.22. The van der Waals surface area contributed by atoms with Crippen molar-refractivity contribution in [3.63, 3.8) is 0 Å². The van der Waals surface area contributed by atoms with E-state index in [1.54, 1.807) is 7.11 Å². The summed E-state index contributed by atoms with van der Waals surface area (Å²) in [5.41, 5.74) is 6.68. The lowest BCUT2D eigenvalue weighted by Crippen LogP contribution is -2.36. The Morgan fingerprint density at radius 1 is 1.41 bits per heavy atom. The first kappa shape index (κ1) is 13.7. The number of ether oxygens (including phenoxy) is 1. The van der Waals surface area contributed by atoms with E-state index in [0.29, 0.717) is 12.4 Å². The smallest absolute Gasteiger partial charge is 0.135 e. The zero-order valence-corrected chi connectivity index (χ0v) is 11.1. The Kier molecular flexibility index (Phi) is 4.69. The Hall–Kier alpha value is -1.36. The highest BCUT2D eigenvalue weighted by Gasteiger charge is 2.20. The molecule has 0 spiro atoms. The van der Waals surface area contributed by atoms with Crippen LogP contribution in [-0.4, -0.2) is 29.2 Å². The Bertz CT molecular complexity index is 366. The molecule has 0 unspecified atom stereocenters. The predicted molar refractivity (Wildman–Crippen MR) is 70.0 cm³/mol. The van der Waals surface area contributed by atoms with Crippen LogP contribution in [0.25, 0.3) is 0 Å². The summed E-state index contributed by atoms with van der Waals surface area (Å²) in [6.45, 7) is 6.83. The van der Waals surface area contributed by atoms with E-state index in [4.69, 9.17) is 10.5 Å². The van der Waals surface area contributed by atoms with E-state index in [9.17, 15) is 0 Å². The van der Waals surface area contributed by atoms with Crippen LogP contribution in [0.1, 0.15) is 32.8 Å². The fourth-order valence-corrected chi connectivity index (χ4v) is 1.75. The van der Waals surface area contributed by atoms with Gasteiger partial charge in [0.05, 0.1) is 12.1 Å². The number of hydrogen-bond acceptors (Lipinski definition) is 5. The summed E-state index contributed by atoms with van der Waals surface area (Å²) < 4.78 is 5.17. The van der Waals surface area contributed by atoms with Crippen molar-refractivity contribution in [3.8, 4) is 0 Å². The van der Waals surface area contributed by atoms with Crippen molar-refractivity contribution in [2.45, 2.75) is 39.2 Å². The number of hydrogen-bond donors (Lipinski definition) is 2. The van der Waals surface area contributed by atoms with Crippen LogP contribution in [0.4, 0.5) is 11.6 Å². The van der Waals surface area contributed by atoms with Gasteiger partial charge in [0, 0.05) is 12.7 Å². The van der Waals surface area contributed by atoms with E-state index in [0.717, 1.165) is 24.2 Å². The van der Waals surface area contributed by atoms with Crippen LogP contribution in [0.3, 0.4) is 0 Å². The van der Waals surface area contributed by atoms with E-state index < -0.39 is 0 Å². The number of nitrogen functional groups attached to an aromatic ring is 1. The number of anilines is 2. The Balaban J connectivity index is 2.93. The molecule has 0 radical (unpaired) electrons. The number of nitrogens with two attached hydrogens (primary N) is 1. The monoisotopic (exact) mass is 238 g/mol. The molecule has 0 saturated heterocycles. The minimum Gasteiger partial charge on any atom is -0.383 e. The standard InChI is InChI=1S/C12H22N4O/c1-5-6-9-10(13)14-8-15-11(9)16-12(2,3)7-17-4/h8H,5-7H2,1-4H3,(H3,13,14,15,16). The van der Waals surface area contributed by atoms with Gasteiger partial charge in [0.1, 0.15) is 18.0 Å². The minimum absolute atomic E-state index is 0.183. The third-order valence-corrected chi connectivity index (χ3v) is 2.44. The molecule has 0 saturated carbocycles. The van der Waals surface area contributed by atoms with Crippen molar-refractivity contribution in [1.82, 2.24) is 9.97 Å². The van der Waals surface area contributed by atoms with E-state index in [2.05, 4.69) is 36.1 Å². The molecule has 1 aromatic heterocycles. The SMILES string of the molecule is CCCc1c(N)ncnc1NC(C)(C)COC. The average molecular weight is 238 g/mol. The molecule has 1 aromatic rings. The number of nitrogens with one attached hydrogen (secondary N) is 1. The summed E-state index contributed by atoms with van der Waals surface area (Å²) >= 11 is 0. The predicted octanol–water partition coefficient (Wildman–Crippen LogP) is 1.85. The third-order valence-electron chi connectivity index (χ3n) is 2.44. The molecule has 0 bridgehead atoms. The molecule has 1 rings (SSSR count). The van der Waals surface area contributed by atoms with Crippen molar-refractivity contribution in [3.05, 3.63) is 11.9 Å². The molecule has 0 aliphatic heterocycles.